The topological polar surface area (TPSA) is 49.2 Å². The van der Waals surface area contributed by atoms with Crippen molar-refractivity contribution in [2.24, 2.45) is 0 Å². The van der Waals surface area contributed by atoms with Gasteiger partial charge in [0.05, 0.1) is 12.6 Å². The summed E-state index contributed by atoms with van der Waals surface area (Å²) in [5, 5.41) is 0. The summed E-state index contributed by atoms with van der Waals surface area (Å²) in [6, 6.07) is 4.39. The molecule has 0 saturated carbocycles. The smallest absolute Gasteiger partial charge is 0.160 e. The molecule has 0 spiro atoms. The summed E-state index contributed by atoms with van der Waals surface area (Å²) in [7, 11) is 0. The Kier molecular flexibility index (Phi) is 3.16. The first-order chi connectivity index (χ1) is 9.93. The van der Waals surface area contributed by atoms with E-state index in [1.807, 2.05) is 12.3 Å². The van der Waals surface area contributed by atoms with Crippen molar-refractivity contribution in [1.29, 1.82) is 0 Å². The number of aromatic nitrogens is 3. The van der Waals surface area contributed by atoms with Crippen LogP contribution in [0.2, 0.25) is 0 Å². The van der Waals surface area contributed by atoms with E-state index in [1.165, 1.54) is 5.82 Å². The van der Waals surface area contributed by atoms with E-state index in [0.29, 0.717) is 12.0 Å². The van der Waals surface area contributed by atoms with Gasteiger partial charge in [-0.05, 0) is 31.4 Å². The molecule has 1 unspecified atom stereocenters. The van der Waals surface area contributed by atoms with Gasteiger partial charge in [0.2, 0.25) is 0 Å². The zero-order valence-electron chi connectivity index (χ0n) is 11.5. The van der Waals surface area contributed by atoms with Crippen molar-refractivity contribution in [1.82, 2.24) is 14.5 Å². The minimum absolute atomic E-state index is 0.382. The van der Waals surface area contributed by atoms with Crippen LogP contribution in [0, 0.1) is 0 Å². The lowest BCUT2D eigenvalue weighted by Crippen LogP contribution is -2.20. The third kappa shape index (κ3) is 2.01. The van der Waals surface area contributed by atoms with E-state index in [-0.39, 0.29) is 0 Å². The third-order valence-corrected chi connectivity index (χ3v) is 4.33. The SMILES string of the molecule is c1cnc2c(c1)nc(C1CCOCC1)n2C1CCOC1. The summed E-state index contributed by atoms with van der Waals surface area (Å²) in [6.45, 7) is 3.29. The Morgan fingerprint density at radius 2 is 1.95 bits per heavy atom. The maximum atomic E-state index is 5.57. The molecule has 0 aliphatic carbocycles. The Labute approximate surface area is 117 Å². The second-order valence-corrected chi connectivity index (χ2v) is 5.59. The predicted molar refractivity (Wildman–Crippen MR) is 74.8 cm³/mol. The van der Waals surface area contributed by atoms with Crippen molar-refractivity contribution in [3.8, 4) is 0 Å². The molecule has 20 heavy (non-hydrogen) atoms. The van der Waals surface area contributed by atoms with Crippen LogP contribution in [0.4, 0.5) is 0 Å². The molecule has 106 valence electrons. The zero-order valence-corrected chi connectivity index (χ0v) is 11.5. The Morgan fingerprint density at radius 1 is 1.10 bits per heavy atom. The Bertz CT molecular complexity index is 598. The molecule has 4 rings (SSSR count). The van der Waals surface area contributed by atoms with Crippen LogP contribution in [0.3, 0.4) is 0 Å². The summed E-state index contributed by atoms with van der Waals surface area (Å²) >= 11 is 0. The molecule has 0 N–H and O–H groups in total. The van der Waals surface area contributed by atoms with E-state index in [4.69, 9.17) is 14.5 Å². The van der Waals surface area contributed by atoms with E-state index in [2.05, 4.69) is 15.6 Å². The van der Waals surface area contributed by atoms with Crippen molar-refractivity contribution in [2.45, 2.75) is 31.2 Å². The minimum atomic E-state index is 0.382. The molecule has 5 heteroatoms. The van der Waals surface area contributed by atoms with E-state index in [1.54, 1.807) is 0 Å². The van der Waals surface area contributed by atoms with Gasteiger partial charge < -0.3 is 14.0 Å². The molecule has 2 saturated heterocycles. The molecule has 0 aromatic carbocycles. The van der Waals surface area contributed by atoms with Crippen molar-refractivity contribution < 1.29 is 9.47 Å². The summed E-state index contributed by atoms with van der Waals surface area (Å²) < 4.78 is 13.4. The van der Waals surface area contributed by atoms with Crippen molar-refractivity contribution in [3.05, 3.63) is 24.2 Å². The van der Waals surface area contributed by atoms with Gasteiger partial charge >= 0.3 is 0 Å². The molecule has 2 aliphatic heterocycles. The van der Waals surface area contributed by atoms with Gasteiger partial charge in [-0.15, -0.1) is 0 Å². The number of hydrogen-bond acceptors (Lipinski definition) is 4. The highest BCUT2D eigenvalue weighted by Gasteiger charge is 2.28. The molecule has 4 heterocycles. The lowest BCUT2D eigenvalue weighted by molar-refractivity contribution is 0.0824. The average Bonchev–Trinajstić information content (AvgIpc) is 3.14. The summed E-state index contributed by atoms with van der Waals surface area (Å²) in [5.41, 5.74) is 2.00. The Balaban J connectivity index is 1.82. The summed E-state index contributed by atoms with van der Waals surface area (Å²) in [6.07, 6.45) is 5.01. The van der Waals surface area contributed by atoms with Crippen LogP contribution >= 0.6 is 0 Å². The standard InChI is InChI=1S/C15H19N3O2/c1-2-13-15(16-6-1)18(12-5-9-20-10-12)14(17-13)11-3-7-19-8-4-11/h1-2,6,11-12H,3-5,7-10H2. The van der Waals surface area contributed by atoms with Crippen molar-refractivity contribution >= 4 is 11.2 Å². The van der Waals surface area contributed by atoms with Gasteiger partial charge in [0, 0.05) is 31.9 Å². The first-order valence-electron chi connectivity index (χ1n) is 7.42. The fraction of sp³-hybridized carbons (Fsp3) is 0.600. The number of hydrogen-bond donors (Lipinski definition) is 0. The van der Waals surface area contributed by atoms with Crippen molar-refractivity contribution in [2.75, 3.05) is 26.4 Å². The maximum Gasteiger partial charge on any atom is 0.160 e. The van der Waals surface area contributed by atoms with E-state index in [0.717, 1.165) is 56.9 Å². The van der Waals surface area contributed by atoms with Gasteiger partial charge in [0.25, 0.3) is 0 Å². The second-order valence-electron chi connectivity index (χ2n) is 5.59. The van der Waals surface area contributed by atoms with Crippen LogP contribution in [0.25, 0.3) is 11.2 Å². The Morgan fingerprint density at radius 3 is 2.75 bits per heavy atom. The van der Waals surface area contributed by atoms with Crippen LogP contribution in [0.15, 0.2) is 18.3 Å². The highest BCUT2D eigenvalue weighted by molar-refractivity contribution is 5.71. The molecular formula is C15H19N3O2. The van der Waals surface area contributed by atoms with Gasteiger partial charge in [-0.2, -0.15) is 0 Å². The molecule has 5 nitrogen and oxygen atoms in total. The van der Waals surface area contributed by atoms with Gasteiger partial charge in [0.15, 0.2) is 5.65 Å². The molecule has 2 aromatic rings. The van der Waals surface area contributed by atoms with Crippen LogP contribution in [0.5, 0.6) is 0 Å². The first kappa shape index (κ1) is 12.3. The third-order valence-electron chi connectivity index (χ3n) is 4.33. The lowest BCUT2D eigenvalue weighted by Gasteiger charge is -2.24. The highest BCUT2D eigenvalue weighted by atomic mass is 16.5. The van der Waals surface area contributed by atoms with Crippen molar-refractivity contribution in [3.63, 3.8) is 0 Å². The van der Waals surface area contributed by atoms with E-state index in [9.17, 15) is 0 Å². The zero-order chi connectivity index (χ0) is 13.4. The van der Waals surface area contributed by atoms with Gasteiger partial charge in [-0.3, -0.25) is 0 Å². The molecule has 0 bridgehead atoms. The fourth-order valence-electron chi connectivity index (χ4n) is 3.28. The molecule has 1 atom stereocenters. The van der Waals surface area contributed by atoms with Gasteiger partial charge in [-0.25, -0.2) is 9.97 Å². The highest BCUT2D eigenvalue weighted by Crippen LogP contribution is 2.33. The average molecular weight is 273 g/mol. The number of fused-ring (bicyclic) bond motifs is 1. The van der Waals surface area contributed by atoms with Crippen LogP contribution in [0.1, 0.15) is 37.0 Å². The number of rotatable bonds is 2. The lowest BCUT2D eigenvalue weighted by atomic mass is 9.99. The van der Waals surface area contributed by atoms with Gasteiger partial charge in [0.1, 0.15) is 11.3 Å². The van der Waals surface area contributed by atoms with E-state index < -0.39 is 0 Å². The number of ether oxygens (including phenoxy) is 2. The predicted octanol–water partition coefficient (Wildman–Crippen LogP) is 2.29. The molecule has 0 amide bonds. The normalized spacial score (nSPS) is 24.5. The molecule has 2 fully saturated rings. The molecule has 2 aromatic heterocycles. The monoisotopic (exact) mass is 273 g/mol. The van der Waals surface area contributed by atoms with Crippen LogP contribution < -0.4 is 0 Å². The number of nitrogens with zero attached hydrogens (tertiary/aromatic N) is 3. The number of pyridine rings is 1. The maximum absolute atomic E-state index is 5.57. The van der Waals surface area contributed by atoms with E-state index >= 15 is 0 Å². The minimum Gasteiger partial charge on any atom is -0.381 e. The molecular weight excluding hydrogens is 254 g/mol. The van der Waals surface area contributed by atoms with Gasteiger partial charge in [-0.1, -0.05) is 0 Å². The summed E-state index contributed by atoms with van der Waals surface area (Å²) in [4.78, 5) is 9.43. The largest absolute Gasteiger partial charge is 0.381 e. The summed E-state index contributed by atoms with van der Waals surface area (Å²) in [5.74, 6) is 1.66. The molecule has 0 radical (unpaired) electrons. The molecule has 2 aliphatic rings. The first-order valence-corrected chi connectivity index (χ1v) is 7.42. The Hall–Kier alpha value is -1.46. The fourth-order valence-corrected chi connectivity index (χ4v) is 3.28. The number of imidazole rings is 1. The van der Waals surface area contributed by atoms with Crippen LogP contribution in [-0.4, -0.2) is 41.0 Å². The second kappa shape index (κ2) is 5.14. The quantitative estimate of drug-likeness (QED) is 0.842. The van der Waals surface area contributed by atoms with Crippen LogP contribution in [-0.2, 0) is 9.47 Å².